The number of rotatable bonds is 6. The molecule has 1 N–H and O–H groups in total. The van der Waals surface area contributed by atoms with Crippen molar-refractivity contribution in [2.45, 2.75) is 20.0 Å². The van der Waals surface area contributed by atoms with Gasteiger partial charge in [0.1, 0.15) is 11.6 Å². The molecular weight excluding hydrogens is 253 g/mol. The summed E-state index contributed by atoms with van der Waals surface area (Å²) in [6.07, 6.45) is -0.886. The number of carbonyl (C=O) groups is 2. The summed E-state index contributed by atoms with van der Waals surface area (Å²) in [5.74, 6) is -1.30. The quantitative estimate of drug-likeness (QED) is 0.790. The Bertz CT molecular complexity index is 450. The fourth-order valence-electron chi connectivity index (χ4n) is 1.30. The largest absolute Gasteiger partial charge is 0.482 e. The second-order valence-corrected chi connectivity index (χ2v) is 3.77. The Kier molecular flexibility index (Phi) is 5.78. The molecule has 104 valence electrons. The maximum atomic E-state index is 12.8. The minimum Gasteiger partial charge on any atom is -0.482 e. The summed E-state index contributed by atoms with van der Waals surface area (Å²) in [6.45, 7) is 3.30. The lowest BCUT2D eigenvalue weighted by Crippen LogP contribution is -2.36. The summed E-state index contributed by atoms with van der Waals surface area (Å²) in [5, 5.41) is 2.53. The topological polar surface area (TPSA) is 64.6 Å². The molecule has 0 saturated carbocycles. The fourth-order valence-corrected chi connectivity index (χ4v) is 1.30. The van der Waals surface area contributed by atoms with E-state index in [0.29, 0.717) is 6.54 Å². The first kappa shape index (κ1) is 14.9. The molecule has 19 heavy (non-hydrogen) atoms. The number of amides is 1. The standard InChI is InChI=1S/C13H16FNO4/c1-3-15-13(17)9(2)19-12(16)8-18-11-6-4-5-10(14)7-11/h4-7,9H,3,8H2,1-2H3,(H,15,17)/t9-/m1/s1. The summed E-state index contributed by atoms with van der Waals surface area (Å²) in [5.41, 5.74) is 0. The van der Waals surface area contributed by atoms with Crippen LogP contribution in [0.15, 0.2) is 24.3 Å². The van der Waals surface area contributed by atoms with Gasteiger partial charge in [-0.1, -0.05) is 6.07 Å². The molecule has 0 aliphatic heterocycles. The Morgan fingerprint density at radius 3 is 2.79 bits per heavy atom. The molecule has 0 unspecified atom stereocenters. The molecule has 0 heterocycles. The molecule has 0 aromatic heterocycles. The Labute approximate surface area is 110 Å². The molecule has 0 fully saturated rings. The van der Waals surface area contributed by atoms with Crippen LogP contribution in [0.1, 0.15) is 13.8 Å². The van der Waals surface area contributed by atoms with Gasteiger partial charge in [-0.2, -0.15) is 0 Å². The molecule has 6 heteroatoms. The number of ether oxygens (including phenoxy) is 2. The van der Waals surface area contributed by atoms with Crippen LogP contribution >= 0.6 is 0 Å². The molecule has 5 nitrogen and oxygen atoms in total. The number of nitrogens with one attached hydrogen (secondary N) is 1. The summed E-state index contributed by atoms with van der Waals surface area (Å²) in [7, 11) is 0. The van der Waals surface area contributed by atoms with Gasteiger partial charge in [-0.05, 0) is 26.0 Å². The third-order valence-corrected chi connectivity index (χ3v) is 2.18. The Balaban J connectivity index is 2.37. The van der Waals surface area contributed by atoms with E-state index in [1.165, 1.54) is 25.1 Å². The number of hydrogen-bond acceptors (Lipinski definition) is 4. The van der Waals surface area contributed by atoms with Crippen LogP contribution in [0.5, 0.6) is 5.75 Å². The maximum absolute atomic E-state index is 12.8. The predicted molar refractivity (Wildman–Crippen MR) is 66.1 cm³/mol. The zero-order valence-electron chi connectivity index (χ0n) is 10.8. The average Bonchev–Trinajstić information content (AvgIpc) is 2.36. The molecule has 1 aromatic carbocycles. The monoisotopic (exact) mass is 269 g/mol. The number of likely N-dealkylation sites (N-methyl/N-ethyl adjacent to an activating group) is 1. The molecule has 1 amide bonds. The summed E-state index contributed by atoms with van der Waals surface area (Å²) in [6, 6.07) is 5.40. The zero-order chi connectivity index (χ0) is 14.3. The number of benzene rings is 1. The first-order valence-corrected chi connectivity index (χ1v) is 5.88. The smallest absolute Gasteiger partial charge is 0.344 e. The molecule has 0 bridgehead atoms. The van der Waals surface area contributed by atoms with Crippen molar-refractivity contribution in [1.82, 2.24) is 5.32 Å². The molecule has 0 aliphatic rings. The molecule has 0 spiro atoms. The Morgan fingerprint density at radius 1 is 1.42 bits per heavy atom. The molecule has 1 rings (SSSR count). The van der Waals surface area contributed by atoms with Crippen LogP contribution in [-0.4, -0.2) is 31.1 Å². The van der Waals surface area contributed by atoms with Crippen molar-refractivity contribution in [1.29, 1.82) is 0 Å². The second-order valence-electron chi connectivity index (χ2n) is 3.77. The van der Waals surface area contributed by atoms with Crippen molar-refractivity contribution in [2.75, 3.05) is 13.2 Å². The Morgan fingerprint density at radius 2 is 2.16 bits per heavy atom. The molecular formula is C13H16FNO4. The maximum Gasteiger partial charge on any atom is 0.344 e. The van der Waals surface area contributed by atoms with Crippen LogP contribution in [0.3, 0.4) is 0 Å². The van der Waals surface area contributed by atoms with E-state index in [0.717, 1.165) is 6.07 Å². The van der Waals surface area contributed by atoms with Crippen molar-refractivity contribution in [3.63, 3.8) is 0 Å². The van der Waals surface area contributed by atoms with Gasteiger partial charge in [0, 0.05) is 12.6 Å². The van der Waals surface area contributed by atoms with E-state index in [2.05, 4.69) is 5.32 Å². The first-order valence-electron chi connectivity index (χ1n) is 5.88. The van der Waals surface area contributed by atoms with Crippen molar-refractivity contribution in [2.24, 2.45) is 0 Å². The van der Waals surface area contributed by atoms with Gasteiger partial charge < -0.3 is 14.8 Å². The summed E-state index contributed by atoms with van der Waals surface area (Å²) < 4.78 is 22.7. The highest BCUT2D eigenvalue weighted by atomic mass is 19.1. The van der Waals surface area contributed by atoms with Gasteiger partial charge >= 0.3 is 5.97 Å². The van der Waals surface area contributed by atoms with Crippen molar-refractivity contribution < 1.29 is 23.5 Å². The number of carbonyl (C=O) groups excluding carboxylic acids is 2. The SMILES string of the molecule is CCNC(=O)[C@@H](C)OC(=O)COc1cccc(F)c1. The molecule has 0 aliphatic carbocycles. The molecule has 0 saturated heterocycles. The van der Waals surface area contributed by atoms with Gasteiger partial charge in [0.25, 0.3) is 5.91 Å². The lowest BCUT2D eigenvalue weighted by Gasteiger charge is -2.13. The lowest BCUT2D eigenvalue weighted by molar-refractivity contribution is -0.156. The van der Waals surface area contributed by atoms with E-state index in [4.69, 9.17) is 9.47 Å². The van der Waals surface area contributed by atoms with E-state index in [1.807, 2.05) is 0 Å². The van der Waals surface area contributed by atoms with Crippen molar-refractivity contribution in [3.8, 4) is 5.75 Å². The lowest BCUT2D eigenvalue weighted by atomic mass is 10.3. The van der Waals surface area contributed by atoms with E-state index in [-0.39, 0.29) is 18.3 Å². The number of halogens is 1. The molecule has 0 radical (unpaired) electrons. The predicted octanol–water partition coefficient (Wildman–Crippen LogP) is 1.27. The molecule has 1 aromatic rings. The number of hydrogen-bond donors (Lipinski definition) is 1. The highest BCUT2D eigenvalue weighted by Crippen LogP contribution is 2.11. The van der Waals surface area contributed by atoms with Crippen LogP contribution in [0.25, 0.3) is 0 Å². The minimum atomic E-state index is -0.886. The van der Waals surface area contributed by atoms with Gasteiger partial charge in [-0.15, -0.1) is 0 Å². The van der Waals surface area contributed by atoms with Crippen LogP contribution in [0, 0.1) is 5.82 Å². The van der Waals surface area contributed by atoms with Crippen LogP contribution in [-0.2, 0) is 14.3 Å². The highest BCUT2D eigenvalue weighted by Gasteiger charge is 2.17. The molecule has 1 atom stereocenters. The third-order valence-electron chi connectivity index (χ3n) is 2.18. The zero-order valence-corrected chi connectivity index (χ0v) is 10.8. The van der Waals surface area contributed by atoms with Crippen LogP contribution in [0.2, 0.25) is 0 Å². The van der Waals surface area contributed by atoms with Gasteiger partial charge in [-0.3, -0.25) is 4.79 Å². The van der Waals surface area contributed by atoms with E-state index < -0.39 is 17.9 Å². The van der Waals surface area contributed by atoms with E-state index >= 15 is 0 Å². The van der Waals surface area contributed by atoms with Crippen molar-refractivity contribution in [3.05, 3.63) is 30.1 Å². The van der Waals surface area contributed by atoms with Gasteiger partial charge in [-0.25, -0.2) is 9.18 Å². The normalized spacial score (nSPS) is 11.5. The van der Waals surface area contributed by atoms with Crippen LogP contribution in [0.4, 0.5) is 4.39 Å². The van der Waals surface area contributed by atoms with Gasteiger partial charge in [0.15, 0.2) is 12.7 Å². The van der Waals surface area contributed by atoms with Crippen molar-refractivity contribution >= 4 is 11.9 Å². The van der Waals surface area contributed by atoms with Gasteiger partial charge in [0.2, 0.25) is 0 Å². The third kappa shape index (κ3) is 5.37. The summed E-state index contributed by atoms with van der Waals surface area (Å²) >= 11 is 0. The fraction of sp³-hybridized carbons (Fsp3) is 0.385. The number of esters is 1. The highest BCUT2D eigenvalue weighted by molar-refractivity contribution is 5.83. The minimum absolute atomic E-state index is 0.225. The Hall–Kier alpha value is -2.11. The summed E-state index contributed by atoms with van der Waals surface area (Å²) in [4.78, 5) is 22.7. The van der Waals surface area contributed by atoms with E-state index in [1.54, 1.807) is 6.92 Å². The first-order chi connectivity index (χ1) is 9.02. The second kappa shape index (κ2) is 7.35. The van der Waals surface area contributed by atoms with E-state index in [9.17, 15) is 14.0 Å². The average molecular weight is 269 g/mol. The van der Waals surface area contributed by atoms with Crippen LogP contribution < -0.4 is 10.1 Å². The van der Waals surface area contributed by atoms with Gasteiger partial charge in [0.05, 0.1) is 0 Å².